The summed E-state index contributed by atoms with van der Waals surface area (Å²) in [6.45, 7) is 5.38. The van der Waals surface area contributed by atoms with Crippen LogP contribution in [0, 0.1) is 0 Å². The second-order valence-corrected chi connectivity index (χ2v) is 5.86. The summed E-state index contributed by atoms with van der Waals surface area (Å²) < 4.78 is 6.63. The van der Waals surface area contributed by atoms with E-state index in [1.54, 1.807) is 63.4 Å². The lowest BCUT2D eigenvalue weighted by Gasteiger charge is -2.21. The zero-order valence-electron chi connectivity index (χ0n) is 12.4. The maximum atomic E-state index is 12.1. The minimum atomic E-state index is -0.948. The molecule has 0 saturated carbocycles. The van der Waals surface area contributed by atoms with Crippen molar-refractivity contribution in [3.63, 3.8) is 0 Å². The Labute approximate surface area is 124 Å². The smallest absolute Gasteiger partial charge is 0.418 e. The molecule has 5 heteroatoms. The summed E-state index contributed by atoms with van der Waals surface area (Å²) in [6, 6.07) is 10.3. The zero-order valence-corrected chi connectivity index (χ0v) is 12.4. The average molecular weight is 288 g/mol. The molecule has 0 amide bonds. The lowest BCUT2D eigenvalue weighted by molar-refractivity contribution is 0.0520. The van der Waals surface area contributed by atoms with Crippen LogP contribution in [0.25, 0.3) is 0 Å². The number of aliphatic hydroxyl groups excluding tert-OH is 1. The van der Waals surface area contributed by atoms with E-state index in [1.165, 1.54) is 4.57 Å². The molecule has 0 fully saturated rings. The summed E-state index contributed by atoms with van der Waals surface area (Å²) in [7, 11) is 0. The molecule has 0 radical (unpaired) electrons. The molecule has 5 nitrogen and oxygen atoms in total. The molecule has 3 N–H and O–H groups in total. The van der Waals surface area contributed by atoms with Gasteiger partial charge in [0.15, 0.2) is 0 Å². The fourth-order valence-electron chi connectivity index (χ4n) is 1.99. The Hall–Kier alpha value is -2.27. The second-order valence-electron chi connectivity index (χ2n) is 5.86. The van der Waals surface area contributed by atoms with Crippen molar-refractivity contribution in [1.29, 1.82) is 0 Å². The Morgan fingerprint density at radius 2 is 2.00 bits per heavy atom. The van der Waals surface area contributed by atoms with E-state index in [0.29, 0.717) is 16.9 Å². The van der Waals surface area contributed by atoms with E-state index in [4.69, 9.17) is 10.5 Å². The Bertz CT molecular complexity index is 641. The van der Waals surface area contributed by atoms with Crippen molar-refractivity contribution in [2.45, 2.75) is 32.5 Å². The van der Waals surface area contributed by atoms with Gasteiger partial charge in [0.1, 0.15) is 11.7 Å². The molecule has 21 heavy (non-hydrogen) atoms. The fourth-order valence-corrected chi connectivity index (χ4v) is 1.99. The molecular formula is C16H20N2O3. The zero-order chi connectivity index (χ0) is 15.6. The highest BCUT2D eigenvalue weighted by Crippen LogP contribution is 2.24. The topological polar surface area (TPSA) is 77.5 Å². The molecule has 2 rings (SSSR count). The van der Waals surface area contributed by atoms with Gasteiger partial charge in [-0.05, 0) is 50.6 Å². The number of nitrogen functional groups attached to an aromatic ring is 1. The van der Waals surface area contributed by atoms with Gasteiger partial charge in [-0.3, -0.25) is 4.57 Å². The van der Waals surface area contributed by atoms with Crippen LogP contribution in [0.4, 0.5) is 10.5 Å². The SMILES string of the molecule is CC(C)(C)OC(=O)n1cccc1C(O)c1cccc(N)c1. The first-order valence-electron chi connectivity index (χ1n) is 6.72. The van der Waals surface area contributed by atoms with Gasteiger partial charge >= 0.3 is 6.09 Å². The third-order valence-corrected chi connectivity index (χ3v) is 2.88. The van der Waals surface area contributed by atoms with Crippen LogP contribution >= 0.6 is 0 Å². The summed E-state index contributed by atoms with van der Waals surface area (Å²) in [5.74, 6) is 0. The van der Waals surface area contributed by atoms with Crippen LogP contribution in [0.2, 0.25) is 0 Å². The molecular weight excluding hydrogens is 268 g/mol. The van der Waals surface area contributed by atoms with Gasteiger partial charge in [-0.15, -0.1) is 0 Å². The van der Waals surface area contributed by atoms with E-state index in [0.717, 1.165) is 0 Å². The molecule has 112 valence electrons. The van der Waals surface area contributed by atoms with Gasteiger partial charge in [0.25, 0.3) is 0 Å². The number of carbonyl (C=O) groups excluding carboxylic acids is 1. The van der Waals surface area contributed by atoms with Gasteiger partial charge in [0, 0.05) is 11.9 Å². The number of ether oxygens (including phenoxy) is 1. The van der Waals surface area contributed by atoms with E-state index in [-0.39, 0.29) is 0 Å². The fraction of sp³-hybridized carbons (Fsp3) is 0.312. The van der Waals surface area contributed by atoms with Gasteiger partial charge < -0.3 is 15.6 Å². The minimum absolute atomic E-state index is 0.440. The normalized spacial score (nSPS) is 13.0. The van der Waals surface area contributed by atoms with Crippen LogP contribution in [-0.2, 0) is 4.74 Å². The summed E-state index contributed by atoms with van der Waals surface area (Å²) in [5.41, 5.74) is 6.75. The Morgan fingerprint density at radius 1 is 1.29 bits per heavy atom. The number of hydrogen-bond donors (Lipinski definition) is 2. The van der Waals surface area contributed by atoms with Crippen LogP contribution in [0.1, 0.15) is 38.1 Å². The van der Waals surface area contributed by atoms with Gasteiger partial charge in [-0.2, -0.15) is 0 Å². The minimum Gasteiger partial charge on any atom is -0.443 e. The number of hydrogen-bond acceptors (Lipinski definition) is 4. The van der Waals surface area contributed by atoms with Crippen molar-refractivity contribution in [1.82, 2.24) is 4.57 Å². The largest absolute Gasteiger partial charge is 0.443 e. The van der Waals surface area contributed by atoms with Gasteiger partial charge in [-0.1, -0.05) is 12.1 Å². The van der Waals surface area contributed by atoms with E-state index in [1.807, 2.05) is 0 Å². The highest BCUT2D eigenvalue weighted by atomic mass is 16.6. The number of nitrogens with zero attached hydrogens (tertiary/aromatic N) is 1. The van der Waals surface area contributed by atoms with Crippen LogP contribution in [-0.4, -0.2) is 21.4 Å². The maximum absolute atomic E-state index is 12.1. The third kappa shape index (κ3) is 3.64. The quantitative estimate of drug-likeness (QED) is 0.833. The van der Waals surface area contributed by atoms with E-state index in [9.17, 15) is 9.90 Å². The maximum Gasteiger partial charge on any atom is 0.418 e. The Morgan fingerprint density at radius 3 is 2.62 bits per heavy atom. The summed E-state index contributed by atoms with van der Waals surface area (Å²) in [5, 5.41) is 10.4. The van der Waals surface area contributed by atoms with Crippen LogP contribution in [0.5, 0.6) is 0 Å². The summed E-state index contributed by atoms with van der Waals surface area (Å²) >= 11 is 0. The van der Waals surface area contributed by atoms with Crippen molar-refractivity contribution in [2.24, 2.45) is 0 Å². The van der Waals surface area contributed by atoms with Crippen molar-refractivity contribution in [3.8, 4) is 0 Å². The van der Waals surface area contributed by atoms with E-state index >= 15 is 0 Å². The van der Waals surface area contributed by atoms with Crippen molar-refractivity contribution >= 4 is 11.8 Å². The Kier molecular flexibility index (Phi) is 4.04. The van der Waals surface area contributed by atoms with E-state index in [2.05, 4.69) is 0 Å². The predicted octanol–water partition coefficient (Wildman–Crippen LogP) is 2.94. The molecule has 0 spiro atoms. The van der Waals surface area contributed by atoms with Crippen LogP contribution in [0.15, 0.2) is 42.6 Å². The second kappa shape index (κ2) is 5.61. The Balaban J connectivity index is 2.30. The lowest BCUT2D eigenvalue weighted by atomic mass is 10.1. The first-order valence-corrected chi connectivity index (χ1v) is 6.72. The molecule has 1 heterocycles. The molecule has 0 aliphatic rings. The molecule has 1 unspecified atom stereocenters. The predicted molar refractivity (Wildman–Crippen MR) is 81.0 cm³/mol. The summed E-state index contributed by atoms with van der Waals surface area (Å²) in [4.78, 5) is 12.1. The standard InChI is InChI=1S/C16H20N2O3/c1-16(2,3)21-15(20)18-9-5-8-13(18)14(19)11-6-4-7-12(17)10-11/h4-10,14,19H,17H2,1-3H3. The molecule has 2 aromatic rings. The van der Waals surface area contributed by atoms with Gasteiger partial charge in [-0.25, -0.2) is 4.79 Å². The van der Waals surface area contributed by atoms with Crippen molar-refractivity contribution in [3.05, 3.63) is 53.9 Å². The first-order chi connectivity index (χ1) is 9.78. The molecule has 1 aromatic carbocycles. The van der Waals surface area contributed by atoms with Gasteiger partial charge in [0.2, 0.25) is 0 Å². The van der Waals surface area contributed by atoms with Crippen LogP contribution < -0.4 is 5.73 Å². The van der Waals surface area contributed by atoms with Crippen LogP contribution in [0.3, 0.4) is 0 Å². The van der Waals surface area contributed by atoms with Gasteiger partial charge in [0.05, 0.1) is 5.69 Å². The summed E-state index contributed by atoms with van der Waals surface area (Å²) in [6.07, 6.45) is 0.0975. The lowest BCUT2D eigenvalue weighted by Crippen LogP contribution is -2.28. The molecule has 1 atom stereocenters. The highest BCUT2D eigenvalue weighted by Gasteiger charge is 2.22. The number of carbonyl (C=O) groups is 1. The number of rotatable bonds is 2. The molecule has 0 aliphatic carbocycles. The van der Waals surface area contributed by atoms with E-state index < -0.39 is 17.8 Å². The monoisotopic (exact) mass is 288 g/mol. The number of benzene rings is 1. The molecule has 0 bridgehead atoms. The number of nitrogens with two attached hydrogens (primary N) is 1. The van der Waals surface area contributed by atoms with Crippen molar-refractivity contribution < 1.29 is 14.6 Å². The molecule has 0 aliphatic heterocycles. The molecule has 0 saturated heterocycles. The molecule has 1 aromatic heterocycles. The average Bonchev–Trinajstić information content (AvgIpc) is 2.85. The number of aromatic nitrogens is 1. The third-order valence-electron chi connectivity index (χ3n) is 2.88. The number of aliphatic hydroxyl groups is 1. The highest BCUT2D eigenvalue weighted by molar-refractivity contribution is 5.72. The number of anilines is 1. The first kappa shape index (κ1) is 15.1. The van der Waals surface area contributed by atoms with Crippen molar-refractivity contribution in [2.75, 3.05) is 5.73 Å².